The van der Waals surface area contributed by atoms with E-state index in [1.165, 1.54) is 11.1 Å². The van der Waals surface area contributed by atoms with Crippen molar-refractivity contribution < 1.29 is 4.74 Å². The summed E-state index contributed by atoms with van der Waals surface area (Å²) in [6.45, 7) is 6.80. The summed E-state index contributed by atoms with van der Waals surface area (Å²) in [5, 5.41) is 0. The van der Waals surface area contributed by atoms with Gasteiger partial charge >= 0.3 is 0 Å². The first-order valence-electron chi connectivity index (χ1n) is 6.40. The molecule has 1 aromatic rings. The fourth-order valence-corrected chi connectivity index (χ4v) is 2.34. The first kappa shape index (κ1) is 12.6. The van der Waals surface area contributed by atoms with Crippen molar-refractivity contribution in [2.45, 2.75) is 32.5 Å². The Labute approximate surface area is 104 Å². The molecule has 0 radical (unpaired) electrons. The zero-order chi connectivity index (χ0) is 12.1. The van der Waals surface area contributed by atoms with Gasteiger partial charge in [0.05, 0.1) is 6.10 Å². The summed E-state index contributed by atoms with van der Waals surface area (Å²) >= 11 is 0. The zero-order valence-electron chi connectivity index (χ0n) is 10.6. The Balaban J connectivity index is 1.98. The molecule has 1 aliphatic rings. The van der Waals surface area contributed by atoms with Crippen molar-refractivity contribution in [3.05, 3.63) is 35.4 Å². The Bertz CT molecular complexity index is 354. The maximum absolute atomic E-state index is 5.67. The van der Waals surface area contributed by atoms with Gasteiger partial charge in [0, 0.05) is 32.8 Å². The van der Waals surface area contributed by atoms with E-state index < -0.39 is 0 Å². The van der Waals surface area contributed by atoms with Crippen molar-refractivity contribution in [3.8, 4) is 0 Å². The fraction of sp³-hybridized carbons (Fsp3) is 0.571. The summed E-state index contributed by atoms with van der Waals surface area (Å²) in [7, 11) is 0. The summed E-state index contributed by atoms with van der Waals surface area (Å²) in [6.07, 6.45) is 1.47. The number of benzene rings is 1. The van der Waals surface area contributed by atoms with Crippen LogP contribution in [0.25, 0.3) is 0 Å². The standard InChI is InChI=1S/C14H22N2O/c1-12-10-16(6-3-7-17-12)11-14-5-2-4-13(8-14)9-15/h2,4-5,8,12H,3,6-7,9-11,15H2,1H3. The first-order valence-corrected chi connectivity index (χ1v) is 6.40. The second-order valence-corrected chi connectivity index (χ2v) is 4.79. The Morgan fingerprint density at radius 1 is 1.41 bits per heavy atom. The van der Waals surface area contributed by atoms with Crippen molar-refractivity contribution in [2.24, 2.45) is 5.73 Å². The lowest BCUT2D eigenvalue weighted by Crippen LogP contribution is -2.29. The largest absolute Gasteiger partial charge is 0.377 e. The summed E-state index contributed by atoms with van der Waals surface area (Å²) in [6, 6.07) is 8.55. The highest BCUT2D eigenvalue weighted by atomic mass is 16.5. The molecule has 2 N–H and O–H groups in total. The quantitative estimate of drug-likeness (QED) is 0.866. The van der Waals surface area contributed by atoms with E-state index in [2.05, 4.69) is 36.1 Å². The number of rotatable bonds is 3. The number of hydrogen-bond donors (Lipinski definition) is 1. The van der Waals surface area contributed by atoms with Gasteiger partial charge in [0.1, 0.15) is 0 Å². The van der Waals surface area contributed by atoms with Gasteiger partial charge in [0.2, 0.25) is 0 Å². The van der Waals surface area contributed by atoms with Crippen LogP contribution in [0.4, 0.5) is 0 Å². The predicted molar refractivity (Wildman–Crippen MR) is 69.6 cm³/mol. The lowest BCUT2D eigenvalue weighted by Gasteiger charge is -2.21. The molecule has 3 heteroatoms. The van der Waals surface area contributed by atoms with E-state index in [1.807, 2.05) is 0 Å². The van der Waals surface area contributed by atoms with Crippen molar-refractivity contribution in [1.82, 2.24) is 4.90 Å². The van der Waals surface area contributed by atoms with Crippen LogP contribution >= 0.6 is 0 Å². The number of ether oxygens (including phenoxy) is 1. The second-order valence-electron chi connectivity index (χ2n) is 4.79. The monoisotopic (exact) mass is 234 g/mol. The smallest absolute Gasteiger partial charge is 0.0674 e. The molecule has 1 atom stereocenters. The van der Waals surface area contributed by atoms with Crippen LogP contribution in [0, 0.1) is 0 Å². The molecule has 0 aromatic heterocycles. The Kier molecular flexibility index (Phi) is 4.54. The van der Waals surface area contributed by atoms with Crippen molar-refractivity contribution in [3.63, 3.8) is 0 Å². The molecular formula is C14H22N2O. The Hall–Kier alpha value is -0.900. The third-order valence-electron chi connectivity index (χ3n) is 3.17. The average Bonchev–Trinajstić information content (AvgIpc) is 2.54. The summed E-state index contributed by atoms with van der Waals surface area (Å²) in [5.41, 5.74) is 8.22. The van der Waals surface area contributed by atoms with Crippen LogP contribution < -0.4 is 5.73 Å². The van der Waals surface area contributed by atoms with E-state index in [-0.39, 0.29) is 0 Å². The Morgan fingerprint density at radius 2 is 2.24 bits per heavy atom. The summed E-state index contributed by atoms with van der Waals surface area (Å²) in [5.74, 6) is 0. The number of nitrogens with zero attached hydrogens (tertiary/aromatic N) is 1. The van der Waals surface area contributed by atoms with Crippen LogP contribution in [0.3, 0.4) is 0 Å². The molecule has 0 saturated carbocycles. The van der Waals surface area contributed by atoms with E-state index in [1.54, 1.807) is 0 Å². The van der Waals surface area contributed by atoms with Gasteiger partial charge in [0.15, 0.2) is 0 Å². The third kappa shape index (κ3) is 3.80. The third-order valence-corrected chi connectivity index (χ3v) is 3.17. The van der Waals surface area contributed by atoms with Crippen LogP contribution in [0.2, 0.25) is 0 Å². The molecular weight excluding hydrogens is 212 g/mol. The molecule has 0 aliphatic carbocycles. The van der Waals surface area contributed by atoms with Crippen LogP contribution in [0.15, 0.2) is 24.3 Å². The van der Waals surface area contributed by atoms with Crippen LogP contribution in [0.1, 0.15) is 24.5 Å². The molecule has 1 unspecified atom stereocenters. The van der Waals surface area contributed by atoms with Gasteiger partial charge in [-0.2, -0.15) is 0 Å². The fourth-order valence-electron chi connectivity index (χ4n) is 2.34. The van der Waals surface area contributed by atoms with Gasteiger partial charge in [-0.25, -0.2) is 0 Å². The van der Waals surface area contributed by atoms with Gasteiger partial charge in [-0.1, -0.05) is 24.3 Å². The van der Waals surface area contributed by atoms with E-state index >= 15 is 0 Å². The minimum atomic E-state index is 0.343. The summed E-state index contributed by atoms with van der Waals surface area (Å²) in [4.78, 5) is 2.47. The SMILES string of the molecule is CC1CN(Cc2cccc(CN)c2)CCCO1. The minimum Gasteiger partial charge on any atom is -0.377 e. The van der Waals surface area contributed by atoms with Gasteiger partial charge in [-0.15, -0.1) is 0 Å². The van der Waals surface area contributed by atoms with Crippen LogP contribution in [0.5, 0.6) is 0 Å². The Morgan fingerprint density at radius 3 is 3.06 bits per heavy atom. The molecule has 1 aliphatic heterocycles. The molecule has 1 saturated heterocycles. The maximum atomic E-state index is 5.67. The van der Waals surface area contributed by atoms with E-state index in [0.717, 1.165) is 32.7 Å². The van der Waals surface area contributed by atoms with E-state index in [0.29, 0.717) is 12.6 Å². The maximum Gasteiger partial charge on any atom is 0.0674 e. The topological polar surface area (TPSA) is 38.5 Å². The predicted octanol–water partition coefficient (Wildman–Crippen LogP) is 1.76. The number of nitrogens with two attached hydrogens (primary N) is 1. The molecule has 17 heavy (non-hydrogen) atoms. The van der Waals surface area contributed by atoms with Gasteiger partial charge in [-0.3, -0.25) is 4.90 Å². The molecule has 1 aromatic carbocycles. The highest BCUT2D eigenvalue weighted by Gasteiger charge is 2.14. The minimum absolute atomic E-state index is 0.343. The number of hydrogen-bond acceptors (Lipinski definition) is 3. The average molecular weight is 234 g/mol. The van der Waals surface area contributed by atoms with E-state index in [9.17, 15) is 0 Å². The molecule has 94 valence electrons. The van der Waals surface area contributed by atoms with Crippen molar-refractivity contribution in [1.29, 1.82) is 0 Å². The molecule has 3 nitrogen and oxygen atoms in total. The van der Waals surface area contributed by atoms with Gasteiger partial charge < -0.3 is 10.5 Å². The van der Waals surface area contributed by atoms with Crippen molar-refractivity contribution >= 4 is 0 Å². The van der Waals surface area contributed by atoms with Crippen molar-refractivity contribution in [2.75, 3.05) is 19.7 Å². The van der Waals surface area contributed by atoms with Crippen LogP contribution in [-0.4, -0.2) is 30.7 Å². The van der Waals surface area contributed by atoms with E-state index in [4.69, 9.17) is 10.5 Å². The first-order chi connectivity index (χ1) is 8.28. The molecule has 1 fully saturated rings. The van der Waals surface area contributed by atoms with Crippen LogP contribution in [-0.2, 0) is 17.8 Å². The lowest BCUT2D eigenvalue weighted by molar-refractivity contribution is 0.0668. The second kappa shape index (κ2) is 6.15. The van der Waals surface area contributed by atoms with Gasteiger partial charge in [-0.05, 0) is 24.5 Å². The van der Waals surface area contributed by atoms with Gasteiger partial charge in [0.25, 0.3) is 0 Å². The highest BCUT2D eigenvalue weighted by molar-refractivity contribution is 5.23. The molecule has 0 amide bonds. The molecule has 1 heterocycles. The molecule has 0 spiro atoms. The molecule has 0 bridgehead atoms. The normalized spacial score (nSPS) is 22.4. The lowest BCUT2D eigenvalue weighted by atomic mass is 10.1. The highest BCUT2D eigenvalue weighted by Crippen LogP contribution is 2.12. The molecule has 2 rings (SSSR count). The summed E-state index contributed by atoms with van der Waals surface area (Å²) < 4.78 is 5.65. The zero-order valence-corrected chi connectivity index (χ0v) is 10.6.